The fourth-order valence-corrected chi connectivity index (χ4v) is 2.29. The van der Waals surface area contributed by atoms with Gasteiger partial charge in [-0.1, -0.05) is 17.7 Å². The number of rotatable bonds is 2. The summed E-state index contributed by atoms with van der Waals surface area (Å²) in [5.74, 6) is 0.440. The van der Waals surface area contributed by atoms with Crippen LogP contribution in [0.5, 0.6) is 0 Å². The standard InChI is InChI=1S/C15H10INO3/c1-9-3-2-4-10(7-9)14-17-12(15(18)20-14)8-11-5-6-13(16)19-11/h2-8H,1H3/b12-8+. The molecule has 0 aliphatic carbocycles. The molecule has 0 saturated heterocycles. The van der Waals surface area contributed by atoms with Gasteiger partial charge in [0.1, 0.15) is 5.76 Å². The van der Waals surface area contributed by atoms with Crippen LogP contribution in [0.1, 0.15) is 16.9 Å². The number of benzene rings is 1. The van der Waals surface area contributed by atoms with Crippen LogP contribution in [-0.4, -0.2) is 11.9 Å². The molecule has 100 valence electrons. The van der Waals surface area contributed by atoms with Crippen LogP contribution in [0.3, 0.4) is 0 Å². The highest BCUT2D eigenvalue weighted by molar-refractivity contribution is 14.1. The topological polar surface area (TPSA) is 51.8 Å². The lowest BCUT2D eigenvalue weighted by molar-refractivity contribution is -0.129. The molecule has 20 heavy (non-hydrogen) atoms. The van der Waals surface area contributed by atoms with Gasteiger partial charge in [-0.15, -0.1) is 0 Å². The number of aryl methyl sites for hydroxylation is 1. The Morgan fingerprint density at radius 3 is 2.80 bits per heavy atom. The summed E-state index contributed by atoms with van der Waals surface area (Å²) >= 11 is 2.06. The first kappa shape index (κ1) is 13.1. The maximum atomic E-state index is 11.8. The number of cyclic esters (lactones) is 1. The second kappa shape index (κ2) is 5.24. The summed E-state index contributed by atoms with van der Waals surface area (Å²) in [4.78, 5) is 16.0. The van der Waals surface area contributed by atoms with Gasteiger partial charge in [0.15, 0.2) is 9.46 Å². The van der Waals surface area contributed by atoms with Crippen molar-refractivity contribution in [2.45, 2.75) is 6.92 Å². The van der Waals surface area contributed by atoms with E-state index in [0.29, 0.717) is 11.7 Å². The Balaban J connectivity index is 1.94. The minimum Gasteiger partial charge on any atom is -0.451 e. The number of hydrogen-bond donors (Lipinski definition) is 0. The number of ether oxygens (including phenoxy) is 1. The van der Waals surface area contributed by atoms with Crippen LogP contribution in [0.25, 0.3) is 6.08 Å². The van der Waals surface area contributed by atoms with E-state index in [0.717, 1.165) is 14.9 Å². The lowest BCUT2D eigenvalue weighted by atomic mass is 10.1. The van der Waals surface area contributed by atoms with E-state index in [1.165, 1.54) is 0 Å². The highest BCUT2D eigenvalue weighted by Crippen LogP contribution is 2.21. The molecule has 1 aliphatic rings. The van der Waals surface area contributed by atoms with Crippen LogP contribution in [0.15, 0.2) is 51.5 Å². The lowest BCUT2D eigenvalue weighted by Gasteiger charge is -1.99. The minimum absolute atomic E-state index is 0.243. The van der Waals surface area contributed by atoms with Crippen molar-refractivity contribution in [1.29, 1.82) is 0 Å². The van der Waals surface area contributed by atoms with Crippen LogP contribution in [0.2, 0.25) is 0 Å². The first-order chi connectivity index (χ1) is 9.61. The van der Waals surface area contributed by atoms with Gasteiger partial charge in [0, 0.05) is 11.6 Å². The molecule has 0 atom stereocenters. The van der Waals surface area contributed by atoms with Crippen molar-refractivity contribution in [3.05, 3.63) is 62.7 Å². The van der Waals surface area contributed by atoms with Gasteiger partial charge in [0.25, 0.3) is 0 Å². The Morgan fingerprint density at radius 1 is 1.25 bits per heavy atom. The van der Waals surface area contributed by atoms with Crippen molar-refractivity contribution < 1.29 is 13.9 Å². The molecule has 0 spiro atoms. The molecule has 0 saturated carbocycles. The molecular formula is C15H10INO3. The normalized spacial score (nSPS) is 16.4. The Hall–Kier alpha value is -1.89. The molecular weight excluding hydrogens is 369 g/mol. The van der Waals surface area contributed by atoms with E-state index in [1.54, 1.807) is 12.1 Å². The Morgan fingerprint density at radius 2 is 2.10 bits per heavy atom. The van der Waals surface area contributed by atoms with Crippen LogP contribution in [0, 0.1) is 10.7 Å². The van der Waals surface area contributed by atoms with E-state index in [4.69, 9.17) is 9.15 Å². The second-order valence-electron chi connectivity index (χ2n) is 4.35. The zero-order valence-electron chi connectivity index (χ0n) is 10.6. The summed E-state index contributed by atoms with van der Waals surface area (Å²) < 4.78 is 11.3. The van der Waals surface area contributed by atoms with Gasteiger partial charge in [-0.2, -0.15) is 0 Å². The number of carbonyl (C=O) groups is 1. The molecule has 3 rings (SSSR count). The second-order valence-corrected chi connectivity index (χ2v) is 5.41. The third-order valence-corrected chi connectivity index (χ3v) is 3.34. The Bertz CT molecular complexity index is 743. The van der Waals surface area contributed by atoms with E-state index < -0.39 is 5.97 Å². The molecule has 2 aromatic rings. The fourth-order valence-electron chi connectivity index (χ4n) is 1.85. The van der Waals surface area contributed by atoms with Crippen LogP contribution >= 0.6 is 22.6 Å². The van der Waals surface area contributed by atoms with Crippen molar-refractivity contribution in [2.24, 2.45) is 4.99 Å². The Kier molecular flexibility index (Phi) is 3.43. The van der Waals surface area contributed by atoms with Gasteiger partial charge < -0.3 is 9.15 Å². The van der Waals surface area contributed by atoms with Gasteiger partial charge >= 0.3 is 5.97 Å². The van der Waals surface area contributed by atoms with Crippen molar-refractivity contribution in [2.75, 3.05) is 0 Å². The SMILES string of the molecule is Cc1cccc(C2=N/C(=C/c3ccc(I)o3)C(=O)O2)c1. The number of halogens is 1. The van der Waals surface area contributed by atoms with Crippen LogP contribution in [-0.2, 0) is 9.53 Å². The molecule has 1 aromatic carbocycles. The van der Waals surface area contributed by atoms with Crippen molar-refractivity contribution >= 4 is 40.5 Å². The predicted octanol–water partition coefficient (Wildman–Crippen LogP) is 3.54. The molecule has 0 fully saturated rings. The van der Waals surface area contributed by atoms with E-state index in [9.17, 15) is 4.79 Å². The number of furan rings is 1. The maximum absolute atomic E-state index is 11.8. The number of carbonyl (C=O) groups excluding carboxylic acids is 1. The summed E-state index contributed by atoms with van der Waals surface area (Å²) in [6, 6.07) is 11.3. The van der Waals surface area contributed by atoms with E-state index in [1.807, 2.05) is 37.3 Å². The number of esters is 1. The molecule has 4 nitrogen and oxygen atoms in total. The lowest BCUT2D eigenvalue weighted by Crippen LogP contribution is -2.05. The minimum atomic E-state index is -0.465. The van der Waals surface area contributed by atoms with Gasteiger partial charge in [-0.3, -0.25) is 0 Å². The predicted molar refractivity (Wildman–Crippen MR) is 83.2 cm³/mol. The molecule has 5 heteroatoms. The summed E-state index contributed by atoms with van der Waals surface area (Å²) in [6.45, 7) is 1.97. The summed E-state index contributed by atoms with van der Waals surface area (Å²) in [5, 5.41) is 0. The molecule has 0 bridgehead atoms. The van der Waals surface area contributed by atoms with Crippen LogP contribution < -0.4 is 0 Å². The molecule has 0 amide bonds. The van der Waals surface area contributed by atoms with E-state index in [-0.39, 0.29) is 5.70 Å². The third-order valence-electron chi connectivity index (χ3n) is 2.76. The molecule has 1 aromatic heterocycles. The molecule has 0 radical (unpaired) electrons. The quantitative estimate of drug-likeness (QED) is 0.456. The Labute approximate surface area is 129 Å². The van der Waals surface area contributed by atoms with Crippen molar-refractivity contribution in [1.82, 2.24) is 0 Å². The number of nitrogens with zero attached hydrogens (tertiary/aromatic N) is 1. The maximum Gasteiger partial charge on any atom is 0.363 e. The van der Waals surface area contributed by atoms with E-state index in [2.05, 4.69) is 27.6 Å². The molecule has 2 heterocycles. The summed E-state index contributed by atoms with van der Waals surface area (Å²) in [7, 11) is 0. The van der Waals surface area contributed by atoms with Crippen molar-refractivity contribution in [3.8, 4) is 0 Å². The largest absolute Gasteiger partial charge is 0.451 e. The third kappa shape index (κ3) is 2.67. The van der Waals surface area contributed by atoms with E-state index >= 15 is 0 Å². The average Bonchev–Trinajstić information content (AvgIpc) is 2.97. The fraction of sp³-hybridized carbons (Fsp3) is 0.0667. The van der Waals surface area contributed by atoms with Crippen LogP contribution in [0.4, 0.5) is 0 Å². The molecule has 0 unspecified atom stereocenters. The monoisotopic (exact) mass is 379 g/mol. The summed E-state index contributed by atoms with van der Waals surface area (Å²) in [5.41, 5.74) is 2.11. The van der Waals surface area contributed by atoms with Gasteiger partial charge in [-0.05, 0) is 53.8 Å². The summed E-state index contributed by atoms with van der Waals surface area (Å²) in [6.07, 6.45) is 1.58. The number of aliphatic imine (C=N–C) groups is 1. The average molecular weight is 379 g/mol. The van der Waals surface area contributed by atoms with Gasteiger partial charge in [0.2, 0.25) is 5.90 Å². The zero-order chi connectivity index (χ0) is 14.1. The van der Waals surface area contributed by atoms with Gasteiger partial charge in [-0.25, -0.2) is 9.79 Å². The highest BCUT2D eigenvalue weighted by atomic mass is 127. The first-order valence-corrected chi connectivity index (χ1v) is 7.04. The molecule has 0 N–H and O–H groups in total. The zero-order valence-corrected chi connectivity index (χ0v) is 12.7. The molecule has 1 aliphatic heterocycles. The smallest absolute Gasteiger partial charge is 0.363 e. The number of hydrogen-bond acceptors (Lipinski definition) is 4. The highest BCUT2D eigenvalue weighted by Gasteiger charge is 2.24. The van der Waals surface area contributed by atoms with Gasteiger partial charge in [0.05, 0.1) is 0 Å². The first-order valence-electron chi connectivity index (χ1n) is 5.97. The van der Waals surface area contributed by atoms with Crippen molar-refractivity contribution in [3.63, 3.8) is 0 Å².